The number of benzene rings is 1. The van der Waals surface area contributed by atoms with Gasteiger partial charge in [0.2, 0.25) is 17.7 Å². The molecule has 1 saturated heterocycles. The highest BCUT2D eigenvalue weighted by Crippen LogP contribution is 2.24. The smallest absolute Gasteiger partial charge is 0.326 e. The first-order valence-electron chi connectivity index (χ1n) is 18.2. The number of likely N-dealkylation sites (tertiary alicyclic amines) is 1. The Morgan fingerprint density at radius 1 is 1.00 bits per heavy atom. The van der Waals surface area contributed by atoms with Gasteiger partial charge in [0.15, 0.2) is 0 Å². The van der Waals surface area contributed by atoms with Crippen LogP contribution in [0.5, 0.6) is 5.75 Å². The largest absolute Gasteiger partial charge is 0.508 e. The van der Waals surface area contributed by atoms with E-state index in [2.05, 4.69) is 17.6 Å². The summed E-state index contributed by atoms with van der Waals surface area (Å²) in [6.07, 6.45) is 5.66. The lowest BCUT2D eigenvalue weighted by molar-refractivity contribution is -0.150. The molecular weight excluding hydrogens is 642 g/mol. The number of nitrogens with zero attached hydrogens (tertiary/aromatic N) is 2. The number of amides is 4. The molecule has 1 fully saturated rings. The van der Waals surface area contributed by atoms with Crippen LogP contribution < -0.4 is 16.4 Å². The van der Waals surface area contributed by atoms with Gasteiger partial charge in [-0.1, -0.05) is 85.3 Å². The second-order valence-corrected chi connectivity index (χ2v) is 14.2. The minimum absolute atomic E-state index is 0.00966. The van der Waals surface area contributed by atoms with Crippen molar-refractivity contribution < 1.29 is 39.3 Å². The number of likely N-dealkylation sites (N-methyl/N-ethyl adjacent to an activating group) is 1. The van der Waals surface area contributed by atoms with Crippen LogP contribution in [0.3, 0.4) is 0 Å². The van der Waals surface area contributed by atoms with Crippen molar-refractivity contribution >= 4 is 29.6 Å². The van der Waals surface area contributed by atoms with E-state index in [0.717, 1.165) is 32.1 Å². The van der Waals surface area contributed by atoms with Crippen molar-refractivity contribution in [2.24, 2.45) is 17.6 Å². The summed E-state index contributed by atoms with van der Waals surface area (Å²) in [5, 5.41) is 35.4. The molecule has 7 N–H and O–H groups in total. The van der Waals surface area contributed by atoms with Crippen LogP contribution in [0.15, 0.2) is 24.3 Å². The SMILES string of the molecule is CCCCCCC[C@@H](N)[C@@H](O)C(=O)N[C@H](C(=O)N(C)[C@@H](CC(C)C)C(=O)N1CCC[C@H]1C(=O)N[C@H](Cc1ccc(O)cc1)C(=O)O)[C@@H](C)CC. The molecule has 1 aliphatic rings. The van der Waals surface area contributed by atoms with Gasteiger partial charge in [-0.25, -0.2) is 4.79 Å². The summed E-state index contributed by atoms with van der Waals surface area (Å²) in [5.74, 6) is -3.79. The van der Waals surface area contributed by atoms with Crippen molar-refractivity contribution in [3.63, 3.8) is 0 Å². The van der Waals surface area contributed by atoms with Gasteiger partial charge in [0.1, 0.15) is 36.0 Å². The van der Waals surface area contributed by atoms with Crippen LogP contribution >= 0.6 is 0 Å². The normalized spacial score (nSPS) is 18.1. The number of carboxylic acids is 1. The molecule has 2 rings (SSSR count). The summed E-state index contributed by atoms with van der Waals surface area (Å²) in [4.78, 5) is 69.8. The number of phenolic OH excluding ortho intramolecular Hbond substituents is 1. The van der Waals surface area contributed by atoms with E-state index in [1.54, 1.807) is 12.1 Å². The van der Waals surface area contributed by atoms with Gasteiger partial charge in [-0.2, -0.15) is 0 Å². The molecule has 7 atom stereocenters. The molecule has 0 bridgehead atoms. The summed E-state index contributed by atoms with van der Waals surface area (Å²) >= 11 is 0. The van der Waals surface area contributed by atoms with Gasteiger partial charge in [0.05, 0.1) is 0 Å². The van der Waals surface area contributed by atoms with E-state index in [0.29, 0.717) is 31.2 Å². The number of nitrogens with one attached hydrogen (secondary N) is 2. The highest BCUT2D eigenvalue weighted by Gasteiger charge is 2.42. The Balaban J connectivity index is 2.21. The first kappa shape index (κ1) is 42.5. The van der Waals surface area contributed by atoms with E-state index in [-0.39, 0.29) is 37.0 Å². The summed E-state index contributed by atoms with van der Waals surface area (Å²) < 4.78 is 0. The van der Waals surface area contributed by atoms with Crippen LogP contribution in [0.1, 0.15) is 104 Å². The predicted octanol–water partition coefficient (Wildman–Crippen LogP) is 2.95. The third-order valence-corrected chi connectivity index (χ3v) is 9.72. The lowest BCUT2D eigenvalue weighted by Crippen LogP contribution is -2.60. The van der Waals surface area contributed by atoms with E-state index >= 15 is 0 Å². The highest BCUT2D eigenvalue weighted by atomic mass is 16.4. The Bertz CT molecular complexity index is 1260. The Labute approximate surface area is 297 Å². The van der Waals surface area contributed by atoms with Crippen molar-refractivity contribution in [2.45, 2.75) is 142 Å². The Morgan fingerprint density at radius 3 is 2.22 bits per heavy atom. The van der Waals surface area contributed by atoms with Gasteiger partial charge in [0, 0.05) is 26.1 Å². The number of phenols is 1. The van der Waals surface area contributed by atoms with Gasteiger partial charge in [-0.15, -0.1) is 0 Å². The van der Waals surface area contributed by atoms with Gasteiger partial charge < -0.3 is 41.5 Å². The molecule has 13 heteroatoms. The number of aliphatic hydroxyl groups is 1. The highest BCUT2D eigenvalue weighted by molar-refractivity contribution is 5.95. The maximum atomic E-state index is 14.2. The van der Waals surface area contributed by atoms with Crippen LogP contribution in [0, 0.1) is 11.8 Å². The molecule has 0 radical (unpaired) electrons. The zero-order chi connectivity index (χ0) is 37.5. The van der Waals surface area contributed by atoms with Gasteiger partial charge >= 0.3 is 5.97 Å². The molecule has 50 heavy (non-hydrogen) atoms. The quantitative estimate of drug-likeness (QED) is 0.104. The number of hydrogen-bond acceptors (Lipinski definition) is 8. The lowest BCUT2D eigenvalue weighted by atomic mass is 9.94. The fourth-order valence-electron chi connectivity index (χ4n) is 6.33. The third-order valence-electron chi connectivity index (χ3n) is 9.72. The number of aromatic hydroxyl groups is 1. The topological polar surface area (TPSA) is 203 Å². The van der Waals surface area contributed by atoms with Crippen molar-refractivity contribution in [1.82, 2.24) is 20.4 Å². The Hall–Kier alpha value is -3.71. The average molecular weight is 704 g/mol. The average Bonchev–Trinajstić information content (AvgIpc) is 3.58. The van der Waals surface area contributed by atoms with Crippen molar-refractivity contribution in [2.75, 3.05) is 13.6 Å². The number of nitrogens with two attached hydrogens (primary N) is 1. The second-order valence-electron chi connectivity index (χ2n) is 14.2. The fourth-order valence-corrected chi connectivity index (χ4v) is 6.33. The molecule has 4 amide bonds. The molecular formula is C37H61N5O8. The van der Waals surface area contributed by atoms with Gasteiger partial charge in [-0.05, 0) is 55.2 Å². The number of carbonyl (C=O) groups is 5. The zero-order valence-electron chi connectivity index (χ0n) is 30.8. The number of rotatable bonds is 21. The molecule has 0 spiro atoms. The number of unbranched alkanes of at least 4 members (excludes halogenated alkanes) is 4. The Morgan fingerprint density at radius 2 is 1.64 bits per heavy atom. The summed E-state index contributed by atoms with van der Waals surface area (Å²) in [5.41, 5.74) is 6.77. The minimum atomic E-state index is -1.49. The molecule has 0 unspecified atom stereocenters. The third kappa shape index (κ3) is 12.6. The monoisotopic (exact) mass is 703 g/mol. The molecule has 13 nitrogen and oxygen atoms in total. The number of aliphatic carboxylic acids is 1. The summed E-state index contributed by atoms with van der Waals surface area (Å²) in [6.45, 7) is 9.91. The van der Waals surface area contributed by atoms with Gasteiger partial charge in [-0.3, -0.25) is 19.2 Å². The van der Waals surface area contributed by atoms with Crippen LogP contribution in [0.4, 0.5) is 0 Å². The zero-order valence-corrected chi connectivity index (χ0v) is 30.8. The lowest BCUT2D eigenvalue weighted by Gasteiger charge is -2.37. The van der Waals surface area contributed by atoms with Crippen molar-refractivity contribution in [3.05, 3.63) is 29.8 Å². The standard InChI is InChI=1S/C37H61N5O8/c1-7-9-10-11-12-14-27(38)32(44)34(46)40-31(24(5)8-2)36(48)41(6)30(21-23(3)4)35(47)42-20-13-15-29(42)33(45)39-28(37(49)50)22-25-16-18-26(43)19-17-25/h16-19,23-24,27-32,43-44H,7-15,20-22,38H2,1-6H3,(H,39,45)(H,40,46)(H,49,50)/t24-,27+,28+,29-,30-,31-,32+/m0/s1. The fraction of sp³-hybridized carbons (Fsp3) is 0.703. The van der Waals surface area contributed by atoms with E-state index in [1.807, 2.05) is 27.7 Å². The molecule has 0 aromatic heterocycles. The molecule has 0 saturated carbocycles. The van der Waals surface area contributed by atoms with Crippen molar-refractivity contribution in [3.8, 4) is 5.75 Å². The van der Waals surface area contributed by atoms with Crippen LogP contribution in [-0.2, 0) is 30.4 Å². The van der Waals surface area contributed by atoms with Crippen molar-refractivity contribution in [1.29, 1.82) is 0 Å². The molecule has 1 heterocycles. The number of carbonyl (C=O) groups excluding carboxylic acids is 4. The van der Waals surface area contributed by atoms with E-state index in [4.69, 9.17) is 5.73 Å². The maximum absolute atomic E-state index is 14.2. The molecule has 282 valence electrons. The first-order chi connectivity index (χ1) is 23.6. The summed E-state index contributed by atoms with van der Waals surface area (Å²) in [6, 6.07) is 1.07. The molecule has 0 aliphatic carbocycles. The van der Waals surface area contributed by atoms with Crippen LogP contribution in [0.25, 0.3) is 0 Å². The van der Waals surface area contributed by atoms with E-state index in [1.165, 1.54) is 29.0 Å². The number of aliphatic hydroxyl groups excluding tert-OH is 1. The Kier molecular flexibility index (Phi) is 17.7. The summed E-state index contributed by atoms with van der Waals surface area (Å²) in [7, 11) is 1.51. The molecule has 1 aromatic carbocycles. The predicted molar refractivity (Wildman–Crippen MR) is 191 cm³/mol. The molecule has 1 aromatic rings. The van der Waals surface area contributed by atoms with Crippen LogP contribution in [-0.4, -0.2) is 105 Å². The second kappa shape index (κ2) is 20.8. The van der Waals surface area contributed by atoms with Gasteiger partial charge in [0.25, 0.3) is 5.91 Å². The number of carboxylic acid groups (broad SMARTS) is 1. The van der Waals surface area contributed by atoms with E-state index in [9.17, 15) is 39.3 Å². The first-order valence-corrected chi connectivity index (χ1v) is 18.2. The maximum Gasteiger partial charge on any atom is 0.326 e. The molecule has 1 aliphatic heterocycles. The van der Waals surface area contributed by atoms with E-state index < -0.39 is 65.9 Å². The minimum Gasteiger partial charge on any atom is -0.508 e. The number of hydrogen-bond donors (Lipinski definition) is 6. The van der Waals surface area contributed by atoms with Crippen LogP contribution in [0.2, 0.25) is 0 Å².